The minimum Gasteiger partial charge on any atom is -0.0686 e. The van der Waals surface area contributed by atoms with Crippen molar-refractivity contribution in [3.8, 4) is 0 Å². The standard InChI is InChI=1S/C23H35P/c1-3-13-20(14-4-1)24(21-15-5-2-6-16-21)23-18-10-9-17-22(23)19-11-7-8-12-19/h9-10,17-21H,1-8,11-16H2. The Labute approximate surface area is 150 Å². The fourth-order valence-electron chi connectivity index (χ4n) is 5.71. The SMILES string of the molecule is c1ccc(P(C2CCCCC2)C2CCCCC2)c(C2CCCC2)c1. The lowest BCUT2D eigenvalue weighted by Crippen LogP contribution is -2.28. The van der Waals surface area contributed by atoms with Crippen LogP contribution in [0.2, 0.25) is 0 Å². The molecule has 3 aliphatic carbocycles. The van der Waals surface area contributed by atoms with Gasteiger partial charge in [0.1, 0.15) is 0 Å². The van der Waals surface area contributed by atoms with Crippen LogP contribution in [0.25, 0.3) is 0 Å². The lowest BCUT2D eigenvalue weighted by molar-refractivity contribution is 0.487. The number of rotatable bonds is 4. The molecule has 132 valence electrons. The van der Waals surface area contributed by atoms with Crippen LogP contribution in [-0.4, -0.2) is 11.3 Å². The van der Waals surface area contributed by atoms with Gasteiger partial charge in [-0.15, -0.1) is 0 Å². The number of benzene rings is 1. The molecule has 0 aliphatic heterocycles. The Bertz CT molecular complexity index is 487. The summed E-state index contributed by atoms with van der Waals surface area (Å²) in [5.74, 6) is 0.887. The zero-order valence-corrected chi connectivity index (χ0v) is 16.3. The summed E-state index contributed by atoms with van der Waals surface area (Å²) < 4.78 is 0. The van der Waals surface area contributed by atoms with Gasteiger partial charge in [0, 0.05) is 0 Å². The molecule has 4 rings (SSSR count). The first kappa shape index (κ1) is 17.1. The second kappa shape index (κ2) is 8.35. The summed E-state index contributed by atoms with van der Waals surface area (Å²) in [5, 5.41) is 1.86. The molecule has 0 saturated heterocycles. The molecule has 3 fully saturated rings. The Kier molecular flexibility index (Phi) is 5.95. The van der Waals surface area contributed by atoms with E-state index in [0.717, 1.165) is 17.2 Å². The number of hydrogen-bond acceptors (Lipinski definition) is 0. The topological polar surface area (TPSA) is 0 Å². The molecule has 0 radical (unpaired) electrons. The first-order valence-electron chi connectivity index (χ1n) is 10.8. The molecular formula is C23H35P. The zero-order chi connectivity index (χ0) is 16.2. The van der Waals surface area contributed by atoms with E-state index in [1.54, 1.807) is 5.56 Å². The zero-order valence-electron chi connectivity index (χ0n) is 15.4. The van der Waals surface area contributed by atoms with Gasteiger partial charge in [-0.05, 0) is 66.6 Å². The van der Waals surface area contributed by atoms with Gasteiger partial charge in [-0.1, -0.05) is 83.6 Å². The Morgan fingerprint density at radius 3 is 1.67 bits per heavy atom. The second-order valence-corrected chi connectivity index (χ2v) is 11.3. The van der Waals surface area contributed by atoms with E-state index in [-0.39, 0.29) is 7.92 Å². The van der Waals surface area contributed by atoms with Crippen molar-refractivity contribution in [3.05, 3.63) is 29.8 Å². The van der Waals surface area contributed by atoms with Crippen LogP contribution in [0.3, 0.4) is 0 Å². The normalized spacial score (nSPS) is 24.7. The molecular weight excluding hydrogens is 307 g/mol. The van der Waals surface area contributed by atoms with Crippen LogP contribution in [0, 0.1) is 0 Å². The molecule has 0 bridgehead atoms. The fraction of sp³-hybridized carbons (Fsp3) is 0.739. The molecule has 0 unspecified atom stereocenters. The quantitative estimate of drug-likeness (QED) is 0.511. The largest absolute Gasteiger partial charge is 0.0686 e. The molecule has 3 saturated carbocycles. The summed E-state index contributed by atoms with van der Waals surface area (Å²) in [6.45, 7) is 0. The average molecular weight is 343 g/mol. The predicted octanol–water partition coefficient (Wildman–Crippen LogP) is 7.12. The van der Waals surface area contributed by atoms with Crippen LogP contribution in [0.1, 0.15) is 101 Å². The summed E-state index contributed by atoms with van der Waals surface area (Å²) in [6.07, 6.45) is 20.9. The highest BCUT2D eigenvalue weighted by Crippen LogP contribution is 2.56. The van der Waals surface area contributed by atoms with Gasteiger partial charge in [0.15, 0.2) is 0 Å². The lowest BCUT2D eigenvalue weighted by Gasteiger charge is -2.40. The summed E-state index contributed by atoms with van der Waals surface area (Å²) in [5.41, 5.74) is 3.87. The monoisotopic (exact) mass is 342 g/mol. The van der Waals surface area contributed by atoms with Crippen LogP contribution in [0.15, 0.2) is 24.3 Å². The predicted molar refractivity (Wildman–Crippen MR) is 108 cm³/mol. The summed E-state index contributed by atoms with van der Waals surface area (Å²) in [4.78, 5) is 0. The molecule has 0 amide bonds. The van der Waals surface area contributed by atoms with Gasteiger partial charge < -0.3 is 0 Å². The third kappa shape index (κ3) is 3.75. The molecule has 24 heavy (non-hydrogen) atoms. The smallest absolute Gasteiger partial charge is 0.0156 e. The van der Waals surface area contributed by atoms with Crippen molar-refractivity contribution in [1.82, 2.24) is 0 Å². The molecule has 0 N–H and O–H groups in total. The van der Waals surface area contributed by atoms with Gasteiger partial charge in [0.05, 0.1) is 0 Å². The molecule has 0 atom stereocenters. The molecule has 1 heteroatoms. The highest BCUT2D eigenvalue weighted by molar-refractivity contribution is 7.67. The Morgan fingerprint density at radius 2 is 1.08 bits per heavy atom. The Morgan fingerprint density at radius 1 is 0.583 bits per heavy atom. The second-order valence-electron chi connectivity index (χ2n) is 8.53. The molecule has 0 heterocycles. The summed E-state index contributed by atoms with van der Waals surface area (Å²) >= 11 is 0. The Hall–Kier alpha value is -0.350. The molecule has 0 nitrogen and oxygen atoms in total. The third-order valence-electron chi connectivity index (χ3n) is 6.95. The maximum Gasteiger partial charge on any atom is -0.0156 e. The fourth-order valence-corrected chi connectivity index (χ4v) is 9.75. The van der Waals surface area contributed by atoms with Gasteiger partial charge in [-0.25, -0.2) is 0 Å². The van der Waals surface area contributed by atoms with Gasteiger partial charge in [-0.2, -0.15) is 0 Å². The highest BCUT2D eigenvalue weighted by atomic mass is 31.1. The molecule has 0 spiro atoms. The molecule has 1 aromatic carbocycles. The van der Waals surface area contributed by atoms with Crippen LogP contribution in [-0.2, 0) is 0 Å². The molecule has 0 aromatic heterocycles. The van der Waals surface area contributed by atoms with E-state index >= 15 is 0 Å². The van der Waals surface area contributed by atoms with E-state index < -0.39 is 0 Å². The van der Waals surface area contributed by atoms with E-state index in [9.17, 15) is 0 Å². The van der Waals surface area contributed by atoms with Crippen molar-refractivity contribution >= 4 is 13.2 Å². The van der Waals surface area contributed by atoms with Gasteiger partial charge >= 0.3 is 0 Å². The maximum absolute atomic E-state index is 2.57. The summed E-state index contributed by atoms with van der Waals surface area (Å²) in [7, 11) is 0.0710. The van der Waals surface area contributed by atoms with Crippen LogP contribution < -0.4 is 5.30 Å². The molecule has 3 aliphatic rings. The average Bonchev–Trinajstić information content (AvgIpc) is 3.19. The maximum atomic E-state index is 2.57. The van der Waals surface area contributed by atoms with E-state index in [4.69, 9.17) is 0 Å². The van der Waals surface area contributed by atoms with E-state index in [2.05, 4.69) is 24.3 Å². The minimum atomic E-state index is 0.0710. The van der Waals surface area contributed by atoms with Crippen molar-refractivity contribution in [3.63, 3.8) is 0 Å². The van der Waals surface area contributed by atoms with Crippen LogP contribution in [0.4, 0.5) is 0 Å². The van der Waals surface area contributed by atoms with Crippen LogP contribution in [0.5, 0.6) is 0 Å². The van der Waals surface area contributed by atoms with Gasteiger partial charge in [0.25, 0.3) is 0 Å². The van der Waals surface area contributed by atoms with Crippen LogP contribution >= 0.6 is 7.92 Å². The van der Waals surface area contributed by atoms with E-state index in [1.807, 2.05) is 5.30 Å². The van der Waals surface area contributed by atoms with Gasteiger partial charge in [-0.3, -0.25) is 0 Å². The van der Waals surface area contributed by atoms with E-state index in [1.165, 1.54) is 89.9 Å². The molecule has 1 aromatic rings. The Balaban J connectivity index is 1.66. The van der Waals surface area contributed by atoms with Crippen molar-refractivity contribution < 1.29 is 0 Å². The van der Waals surface area contributed by atoms with E-state index in [0.29, 0.717) is 0 Å². The van der Waals surface area contributed by atoms with Crippen molar-refractivity contribution in [2.45, 2.75) is 107 Å². The number of hydrogen-bond donors (Lipinski definition) is 0. The van der Waals surface area contributed by atoms with Crippen molar-refractivity contribution in [1.29, 1.82) is 0 Å². The lowest BCUT2D eigenvalue weighted by atomic mass is 9.97. The van der Waals surface area contributed by atoms with Crippen molar-refractivity contribution in [2.24, 2.45) is 0 Å². The highest BCUT2D eigenvalue weighted by Gasteiger charge is 2.34. The first-order chi connectivity index (χ1) is 11.9. The minimum absolute atomic E-state index is 0.0710. The first-order valence-corrected chi connectivity index (χ1v) is 12.3. The third-order valence-corrected chi connectivity index (χ3v) is 10.5. The van der Waals surface area contributed by atoms with Gasteiger partial charge in [0.2, 0.25) is 0 Å². The summed E-state index contributed by atoms with van der Waals surface area (Å²) in [6, 6.07) is 9.77. The van der Waals surface area contributed by atoms with Crippen molar-refractivity contribution in [2.75, 3.05) is 0 Å².